The smallest absolute Gasteiger partial charge is 0.265 e. The third kappa shape index (κ3) is 18.7. The lowest BCUT2D eigenvalue weighted by atomic mass is 9.84. The van der Waals surface area contributed by atoms with E-state index in [0.717, 1.165) is 19.3 Å². The molecule has 0 saturated heterocycles. The number of hydrogen-bond acceptors (Lipinski definition) is 4. The fourth-order valence-electron chi connectivity index (χ4n) is 5.20. The highest BCUT2D eigenvalue weighted by Crippen LogP contribution is 2.41. The maximum absolute atomic E-state index is 11.4. The van der Waals surface area contributed by atoms with Gasteiger partial charge in [0.25, 0.3) is 7.82 Å². The second kappa shape index (κ2) is 18.6. The van der Waals surface area contributed by atoms with Crippen LogP contribution in [0.5, 0.6) is 0 Å². The van der Waals surface area contributed by atoms with E-state index in [0.29, 0.717) is 16.3 Å². The van der Waals surface area contributed by atoms with Crippen molar-refractivity contribution in [3.05, 3.63) is 0 Å². The first-order chi connectivity index (χ1) is 16.1. The molecular formula is C27H56NO4PS. The lowest BCUT2D eigenvalue weighted by molar-refractivity contribution is -0.873. The summed E-state index contributed by atoms with van der Waals surface area (Å²) in [4.78, 5) is 20.7. The second-order valence-corrected chi connectivity index (χ2v) is 14.2. The van der Waals surface area contributed by atoms with Gasteiger partial charge in [0.05, 0.1) is 21.1 Å². The average Bonchev–Trinajstić information content (AvgIpc) is 2.74. The quantitative estimate of drug-likeness (QED) is 0.0974. The first-order valence-electron chi connectivity index (χ1n) is 14.2. The van der Waals surface area contributed by atoms with Crippen molar-refractivity contribution in [1.29, 1.82) is 0 Å². The van der Waals surface area contributed by atoms with Gasteiger partial charge in [-0.2, -0.15) is 11.8 Å². The van der Waals surface area contributed by atoms with E-state index in [9.17, 15) is 14.4 Å². The largest absolute Gasteiger partial charge is 0.756 e. The predicted molar refractivity (Wildman–Crippen MR) is 146 cm³/mol. The number of thioether (sulfide) groups is 1. The predicted octanol–water partition coefficient (Wildman–Crippen LogP) is 7.31. The van der Waals surface area contributed by atoms with E-state index in [-0.39, 0.29) is 5.92 Å². The molecule has 204 valence electrons. The van der Waals surface area contributed by atoms with Crippen molar-refractivity contribution in [1.82, 2.24) is 0 Å². The van der Waals surface area contributed by atoms with Gasteiger partial charge < -0.3 is 18.8 Å². The monoisotopic (exact) mass is 521 g/mol. The SMILES string of the molecule is CCCCCCCCCCCCCCCCSC1CCCC(C(C[N+](C)(C)C)OP(=O)([O-])O)C1. The number of phosphoric acid groups is 1. The Kier molecular flexibility index (Phi) is 17.8. The molecule has 0 radical (unpaired) electrons. The first-order valence-corrected chi connectivity index (χ1v) is 16.8. The van der Waals surface area contributed by atoms with Crippen molar-refractivity contribution in [2.75, 3.05) is 33.4 Å². The van der Waals surface area contributed by atoms with Crippen molar-refractivity contribution in [2.24, 2.45) is 5.92 Å². The van der Waals surface area contributed by atoms with Crippen LogP contribution >= 0.6 is 19.6 Å². The van der Waals surface area contributed by atoms with Crippen LogP contribution in [0.1, 0.15) is 122 Å². The van der Waals surface area contributed by atoms with E-state index in [1.807, 2.05) is 21.1 Å². The highest BCUT2D eigenvalue weighted by molar-refractivity contribution is 7.99. The molecule has 1 aliphatic rings. The minimum atomic E-state index is -4.71. The van der Waals surface area contributed by atoms with Gasteiger partial charge in [-0.1, -0.05) is 96.8 Å². The molecule has 0 aromatic heterocycles. The van der Waals surface area contributed by atoms with Gasteiger partial charge in [0, 0.05) is 5.25 Å². The summed E-state index contributed by atoms with van der Waals surface area (Å²) in [6, 6.07) is 0. The Labute approximate surface area is 216 Å². The van der Waals surface area contributed by atoms with Gasteiger partial charge >= 0.3 is 0 Å². The topological polar surface area (TPSA) is 69.6 Å². The van der Waals surface area contributed by atoms with Crippen molar-refractivity contribution >= 4 is 19.6 Å². The fraction of sp³-hybridized carbons (Fsp3) is 1.00. The summed E-state index contributed by atoms with van der Waals surface area (Å²) in [7, 11) is 1.39. The molecule has 1 aliphatic carbocycles. The molecule has 0 aliphatic heterocycles. The molecule has 0 amide bonds. The Morgan fingerprint density at radius 2 is 1.41 bits per heavy atom. The summed E-state index contributed by atoms with van der Waals surface area (Å²) in [5, 5.41) is 0.587. The number of nitrogens with zero attached hydrogens (tertiary/aromatic N) is 1. The van der Waals surface area contributed by atoms with Gasteiger partial charge in [0.1, 0.15) is 12.6 Å². The van der Waals surface area contributed by atoms with Crippen molar-refractivity contribution in [3.8, 4) is 0 Å². The van der Waals surface area contributed by atoms with Gasteiger partial charge in [-0.15, -0.1) is 0 Å². The maximum atomic E-state index is 11.4. The molecular weight excluding hydrogens is 465 g/mol. The zero-order valence-corrected chi connectivity index (χ0v) is 24.6. The van der Waals surface area contributed by atoms with E-state index in [4.69, 9.17) is 4.52 Å². The molecule has 1 N–H and O–H groups in total. The summed E-state index contributed by atoms with van der Waals surface area (Å²) in [6.07, 6.45) is 23.4. The molecule has 4 atom stereocenters. The third-order valence-electron chi connectivity index (χ3n) is 7.04. The minimum absolute atomic E-state index is 0.203. The molecule has 7 heteroatoms. The zero-order valence-electron chi connectivity index (χ0n) is 22.8. The van der Waals surface area contributed by atoms with E-state index < -0.39 is 13.9 Å². The molecule has 0 bridgehead atoms. The summed E-state index contributed by atoms with van der Waals surface area (Å²) in [5.74, 6) is 1.41. The van der Waals surface area contributed by atoms with Gasteiger partial charge in [-0.05, 0) is 37.4 Å². The molecule has 1 rings (SSSR count). The molecule has 0 spiro atoms. The fourth-order valence-corrected chi connectivity index (χ4v) is 7.20. The summed E-state index contributed by atoms with van der Waals surface area (Å²) < 4.78 is 17.2. The standard InChI is InChI=1S/C27H56NO4PS/c1-5-6-7-8-9-10-11-12-13-14-15-16-17-18-22-34-26-21-19-20-25(23-26)27(24-28(2,3)4)32-33(29,30)31/h25-27H,5-24H2,1-4H3,(H-,29,30,31). The Bertz CT molecular complexity index is 537. The number of phosphoric ester groups is 1. The molecule has 1 saturated carbocycles. The lowest BCUT2D eigenvalue weighted by Gasteiger charge is -2.38. The van der Waals surface area contributed by atoms with E-state index in [2.05, 4.69) is 18.7 Å². The van der Waals surface area contributed by atoms with Gasteiger partial charge in [0.2, 0.25) is 0 Å². The number of likely N-dealkylation sites (N-methyl/N-ethyl adjacent to an activating group) is 1. The summed E-state index contributed by atoms with van der Waals surface area (Å²) in [6.45, 7) is 2.87. The first kappa shape index (κ1) is 32.4. The van der Waals surface area contributed by atoms with Crippen LogP contribution in [0.15, 0.2) is 0 Å². The van der Waals surface area contributed by atoms with E-state index >= 15 is 0 Å². The van der Waals surface area contributed by atoms with Crippen LogP contribution in [0, 0.1) is 5.92 Å². The zero-order chi connectivity index (χ0) is 25.3. The Balaban J connectivity index is 2.09. The normalized spacial score (nSPS) is 21.9. The van der Waals surface area contributed by atoms with Crippen LogP contribution in [0.25, 0.3) is 0 Å². The van der Waals surface area contributed by atoms with Crippen molar-refractivity contribution in [2.45, 2.75) is 134 Å². The molecule has 5 nitrogen and oxygen atoms in total. The Morgan fingerprint density at radius 1 is 0.912 bits per heavy atom. The molecule has 0 heterocycles. The van der Waals surface area contributed by atoms with Crippen LogP contribution < -0.4 is 4.89 Å². The third-order valence-corrected chi connectivity index (χ3v) is 9.00. The van der Waals surface area contributed by atoms with Crippen LogP contribution in [0.2, 0.25) is 0 Å². The van der Waals surface area contributed by atoms with Gasteiger partial charge in [0.15, 0.2) is 0 Å². The van der Waals surface area contributed by atoms with Gasteiger partial charge in [-0.3, -0.25) is 4.57 Å². The molecule has 1 fully saturated rings. The molecule has 4 unspecified atom stereocenters. The van der Waals surface area contributed by atoms with Crippen molar-refractivity contribution in [3.63, 3.8) is 0 Å². The molecule has 34 heavy (non-hydrogen) atoms. The number of quaternary nitrogens is 1. The van der Waals surface area contributed by atoms with E-state index in [1.165, 1.54) is 102 Å². The number of rotatable bonds is 21. The average molecular weight is 522 g/mol. The van der Waals surface area contributed by atoms with Crippen LogP contribution in [-0.2, 0) is 9.09 Å². The summed E-state index contributed by atoms with van der Waals surface area (Å²) in [5.41, 5.74) is 0. The molecule has 0 aromatic carbocycles. The Hall–Kier alpha value is 0.420. The number of hydrogen-bond donors (Lipinski definition) is 1. The van der Waals surface area contributed by atoms with E-state index in [1.54, 1.807) is 0 Å². The van der Waals surface area contributed by atoms with Crippen LogP contribution in [-0.4, -0.2) is 54.2 Å². The second-order valence-electron chi connectivity index (χ2n) is 11.6. The number of unbranched alkanes of at least 4 members (excludes halogenated alkanes) is 13. The van der Waals surface area contributed by atoms with Crippen molar-refractivity contribution < 1.29 is 23.4 Å². The van der Waals surface area contributed by atoms with Crippen LogP contribution in [0.3, 0.4) is 0 Å². The minimum Gasteiger partial charge on any atom is -0.756 e. The Morgan fingerprint density at radius 3 is 1.88 bits per heavy atom. The highest BCUT2D eigenvalue weighted by atomic mass is 32.2. The summed E-state index contributed by atoms with van der Waals surface area (Å²) >= 11 is 2.07. The lowest BCUT2D eigenvalue weighted by Crippen LogP contribution is -2.46. The molecule has 0 aromatic rings. The van der Waals surface area contributed by atoms with Crippen LogP contribution in [0.4, 0.5) is 0 Å². The highest BCUT2D eigenvalue weighted by Gasteiger charge is 2.34. The maximum Gasteiger partial charge on any atom is 0.265 e. The van der Waals surface area contributed by atoms with Gasteiger partial charge in [-0.25, -0.2) is 0 Å².